The normalized spacial score (nSPS) is 17.7. The van der Waals surface area contributed by atoms with E-state index in [9.17, 15) is 9.59 Å². The van der Waals surface area contributed by atoms with Crippen molar-refractivity contribution >= 4 is 23.1 Å². The Bertz CT molecular complexity index is 1050. The molecule has 1 fully saturated rings. The monoisotopic (exact) mass is 419 g/mol. The Morgan fingerprint density at radius 1 is 0.903 bits per heavy atom. The van der Waals surface area contributed by atoms with E-state index in [1.54, 1.807) is 31.4 Å². The van der Waals surface area contributed by atoms with Gasteiger partial charge in [-0.1, -0.05) is 31.2 Å². The summed E-state index contributed by atoms with van der Waals surface area (Å²) in [5, 5.41) is 0. The van der Waals surface area contributed by atoms with Crippen molar-refractivity contribution in [3.8, 4) is 5.75 Å². The maximum Gasteiger partial charge on any atom is 0.282 e. The maximum atomic E-state index is 13.7. The summed E-state index contributed by atoms with van der Waals surface area (Å²) in [5.74, 6) is 0.0571. The number of likely N-dealkylation sites (N-methyl/N-ethyl adjacent to an activating group) is 1. The molecule has 1 saturated heterocycles. The third-order valence-corrected chi connectivity index (χ3v) is 6.30. The quantitative estimate of drug-likeness (QED) is 0.697. The fraction of sp³-hybridized carbons (Fsp3) is 0.360. The zero-order valence-electron chi connectivity index (χ0n) is 18.6. The Kier molecular flexibility index (Phi) is 5.83. The Balaban J connectivity index is 1.80. The van der Waals surface area contributed by atoms with Crippen LogP contribution in [0.3, 0.4) is 0 Å². The second-order valence-corrected chi connectivity index (χ2v) is 8.09. The molecule has 2 aliphatic heterocycles. The number of methoxy groups -OCH3 is 1. The first-order valence-corrected chi connectivity index (χ1v) is 10.8. The summed E-state index contributed by atoms with van der Waals surface area (Å²) in [7, 11) is 1.57. The van der Waals surface area contributed by atoms with Crippen molar-refractivity contribution in [3.05, 3.63) is 64.9 Å². The van der Waals surface area contributed by atoms with E-state index >= 15 is 0 Å². The number of imide groups is 1. The summed E-state index contributed by atoms with van der Waals surface area (Å²) in [4.78, 5) is 33.0. The van der Waals surface area contributed by atoms with Crippen molar-refractivity contribution in [2.45, 2.75) is 20.8 Å². The molecule has 6 heteroatoms. The van der Waals surface area contributed by atoms with Gasteiger partial charge in [-0.3, -0.25) is 9.59 Å². The minimum Gasteiger partial charge on any atom is -0.497 e. The molecule has 0 spiro atoms. The van der Waals surface area contributed by atoms with Crippen LogP contribution in [0.5, 0.6) is 5.75 Å². The van der Waals surface area contributed by atoms with Crippen LogP contribution in [0.1, 0.15) is 23.6 Å². The largest absolute Gasteiger partial charge is 0.497 e. The van der Waals surface area contributed by atoms with Crippen molar-refractivity contribution in [2.75, 3.05) is 44.7 Å². The number of piperazine rings is 1. The first kappa shape index (κ1) is 21.1. The molecule has 2 aliphatic rings. The smallest absolute Gasteiger partial charge is 0.282 e. The molecule has 0 radical (unpaired) electrons. The van der Waals surface area contributed by atoms with E-state index < -0.39 is 0 Å². The number of hydrogen-bond donors (Lipinski definition) is 0. The van der Waals surface area contributed by atoms with E-state index in [-0.39, 0.29) is 11.8 Å². The van der Waals surface area contributed by atoms with Crippen LogP contribution < -0.4 is 9.64 Å². The number of carbonyl (C=O) groups excluding carboxylic acids is 2. The van der Waals surface area contributed by atoms with Crippen molar-refractivity contribution in [1.82, 2.24) is 9.80 Å². The zero-order chi connectivity index (χ0) is 22.1. The number of amides is 2. The third kappa shape index (κ3) is 3.83. The van der Waals surface area contributed by atoms with Crippen LogP contribution in [0.25, 0.3) is 5.57 Å². The summed E-state index contributed by atoms with van der Waals surface area (Å²) in [6.45, 7) is 10.4. The Labute approximate surface area is 183 Å². The molecule has 162 valence electrons. The molecular formula is C25H29N3O3. The van der Waals surface area contributed by atoms with Crippen molar-refractivity contribution in [2.24, 2.45) is 0 Å². The molecule has 0 bridgehead atoms. The number of hydrogen-bond acceptors (Lipinski definition) is 5. The van der Waals surface area contributed by atoms with E-state index in [2.05, 4.69) is 16.7 Å². The van der Waals surface area contributed by atoms with Crippen LogP contribution >= 0.6 is 0 Å². The van der Waals surface area contributed by atoms with Crippen LogP contribution in [-0.4, -0.2) is 61.4 Å². The minimum absolute atomic E-state index is 0.267. The number of carbonyl (C=O) groups is 2. The number of nitrogens with zero attached hydrogens (tertiary/aromatic N) is 3. The van der Waals surface area contributed by atoms with Gasteiger partial charge in [0.1, 0.15) is 11.4 Å². The molecule has 0 aliphatic carbocycles. The molecule has 0 saturated carbocycles. The molecule has 4 rings (SSSR count). The average molecular weight is 420 g/mol. The second-order valence-electron chi connectivity index (χ2n) is 8.09. The molecule has 2 heterocycles. The minimum atomic E-state index is -0.283. The number of anilines is 1. The second kappa shape index (κ2) is 8.55. The predicted molar refractivity (Wildman–Crippen MR) is 122 cm³/mol. The van der Waals surface area contributed by atoms with Crippen LogP contribution in [0, 0.1) is 13.8 Å². The highest BCUT2D eigenvalue weighted by Crippen LogP contribution is 2.36. The molecule has 0 unspecified atom stereocenters. The number of aryl methyl sites for hydroxylation is 2. The maximum absolute atomic E-state index is 13.7. The topological polar surface area (TPSA) is 53.1 Å². The van der Waals surface area contributed by atoms with Crippen LogP contribution in [0.2, 0.25) is 0 Å². The van der Waals surface area contributed by atoms with Crippen LogP contribution in [0.15, 0.2) is 48.2 Å². The summed E-state index contributed by atoms with van der Waals surface area (Å²) >= 11 is 0. The lowest BCUT2D eigenvalue weighted by Crippen LogP contribution is -2.47. The van der Waals surface area contributed by atoms with E-state index in [1.165, 1.54) is 4.90 Å². The van der Waals surface area contributed by atoms with Gasteiger partial charge in [0.05, 0.1) is 18.4 Å². The van der Waals surface area contributed by atoms with Crippen molar-refractivity contribution in [1.29, 1.82) is 0 Å². The molecular weight excluding hydrogens is 390 g/mol. The highest BCUT2D eigenvalue weighted by molar-refractivity contribution is 6.45. The Hall–Kier alpha value is -3.12. The fourth-order valence-corrected chi connectivity index (χ4v) is 4.24. The average Bonchev–Trinajstić information content (AvgIpc) is 3.05. The van der Waals surface area contributed by atoms with E-state index in [0.717, 1.165) is 49.4 Å². The Morgan fingerprint density at radius 3 is 2.29 bits per heavy atom. The van der Waals surface area contributed by atoms with Gasteiger partial charge in [0.2, 0.25) is 0 Å². The summed E-state index contributed by atoms with van der Waals surface area (Å²) in [6.07, 6.45) is 0. The number of ether oxygens (including phenoxy) is 1. The van der Waals surface area contributed by atoms with Gasteiger partial charge in [-0.2, -0.15) is 0 Å². The number of rotatable bonds is 5. The van der Waals surface area contributed by atoms with Gasteiger partial charge in [-0.05, 0) is 49.2 Å². The van der Waals surface area contributed by atoms with Gasteiger partial charge in [0, 0.05) is 32.2 Å². The lowest BCUT2D eigenvalue weighted by atomic mass is 9.99. The van der Waals surface area contributed by atoms with Gasteiger partial charge in [0.15, 0.2) is 0 Å². The van der Waals surface area contributed by atoms with Crippen LogP contribution in [-0.2, 0) is 9.59 Å². The Morgan fingerprint density at radius 2 is 1.65 bits per heavy atom. The molecule has 2 aromatic carbocycles. The standard InChI is InChI=1S/C25H29N3O3/c1-5-26-11-13-27(14-12-26)23-22(19-10-9-17(2)18(3)15-19)24(29)28(25(23)30)20-7-6-8-21(16-20)31-4/h6-10,15-16H,5,11-14H2,1-4H3. The molecule has 0 atom stereocenters. The molecule has 0 aromatic heterocycles. The molecule has 6 nitrogen and oxygen atoms in total. The van der Waals surface area contributed by atoms with Gasteiger partial charge >= 0.3 is 0 Å². The van der Waals surface area contributed by atoms with E-state index in [0.29, 0.717) is 22.7 Å². The first-order chi connectivity index (χ1) is 14.9. The van der Waals surface area contributed by atoms with E-state index in [4.69, 9.17) is 4.74 Å². The van der Waals surface area contributed by atoms with Crippen molar-refractivity contribution in [3.63, 3.8) is 0 Å². The van der Waals surface area contributed by atoms with Gasteiger partial charge in [-0.25, -0.2) is 4.90 Å². The fourth-order valence-electron chi connectivity index (χ4n) is 4.24. The molecule has 2 aromatic rings. The summed E-state index contributed by atoms with van der Waals surface area (Å²) in [6, 6.07) is 13.1. The van der Waals surface area contributed by atoms with Gasteiger partial charge < -0.3 is 14.5 Å². The molecule has 0 N–H and O–H groups in total. The van der Waals surface area contributed by atoms with E-state index in [1.807, 2.05) is 32.0 Å². The highest BCUT2D eigenvalue weighted by atomic mass is 16.5. The first-order valence-electron chi connectivity index (χ1n) is 10.8. The highest BCUT2D eigenvalue weighted by Gasteiger charge is 2.43. The molecule has 2 amide bonds. The third-order valence-electron chi connectivity index (χ3n) is 6.30. The lowest BCUT2D eigenvalue weighted by molar-refractivity contribution is -0.120. The van der Waals surface area contributed by atoms with Gasteiger partial charge in [-0.15, -0.1) is 0 Å². The zero-order valence-corrected chi connectivity index (χ0v) is 18.6. The SMILES string of the molecule is CCN1CCN(C2=C(c3ccc(C)c(C)c3)C(=O)N(c3cccc(OC)c3)C2=O)CC1. The number of benzene rings is 2. The predicted octanol–water partition coefficient (Wildman–Crippen LogP) is 3.23. The summed E-state index contributed by atoms with van der Waals surface area (Å²) < 4.78 is 5.31. The van der Waals surface area contributed by atoms with Crippen LogP contribution in [0.4, 0.5) is 5.69 Å². The van der Waals surface area contributed by atoms with Gasteiger partial charge in [0.25, 0.3) is 11.8 Å². The lowest BCUT2D eigenvalue weighted by Gasteiger charge is -2.36. The van der Waals surface area contributed by atoms with Crippen molar-refractivity contribution < 1.29 is 14.3 Å². The summed E-state index contributed by atoms with van der Waals surface area (Å²) in [5.41, 5.74) is 4.56. The molecule has 31 heavy (non-hydrogen) atoms.